The van der Waals surface area contributed by atoms with Crippen LogP contribution < -0.4 is 10.1 Å². The molecule has 1 saturated carbocycles. The van der Waals surface area contributed by atoms with Crippen molar-refractivity contribution in [3.63, 3.8) is 0 Å². The zero-order chi connectivity index (χ0) is 18.0. The molecule has 1 N–H and O–H groups in total. The Morgan fingerprint density at radius 2 is 1.77 bits per heavy atom. The van der Waals surface area contributed by atoms with Crippen LogP contribution in [0.1, 0.15) is 35.2 Å². The molecule has 1 aliphatic carbocycles. The fourth-order valence-electron chi connectivity index (χ4n) is 2.62. The highest BCUT2D eigenvalue weighted by molar-refractivity contribution is 5.94. The number of benzene rings is 2. The number of hydrogen-bond donors (Lipinski definition) is 1. The Bertz CT molecular complexity index is 666. The van der Waals surface area contributed by atoms with Crippen LogP contribution in [0.2, 0.25) is 0 Å². The maximum Gasteiger partial charge on any atom is 0.251 e. The van der Waals surface area contributed by atoms with Gasteiger partial charge in [0.25, 0.3) is 5.91 Å². The number of ether oxygens (including phenoxy) is 2. The molecule has 1 fully saturated rings. The fourth-order valence-corrected chi connectivity index (χ4v) is 2.62. The summed E-state index contributed by atoms with van der Waals surface area (Å²) in [6, 6.07) is 17.7. The smallest absolute Gasteiger partial charge is 0.251 e. The Morgan fingerprint density at radius 3 is 2.50 bits per heavy atom. The third-order valence-corrected chi connectivity index (χ3v) is 4.43. The molecule has 0 unspecified atom stereocenters. The number of carbonyl (C=O) groups excluding carboxylic acids is 1. The van der Waals surface area contributed by atoms with E-state index in [4.69, 9.17) is 9.47 Å². The van der Waals surface area contributed by atoms with Gasteiger partial charge in [0, 0.05) is 18.7 Å². The van der Waals surface area contributed by atoms with E-state index in [-0.39, 0.29) is 5.91 Å². The lowest BCUT2D eigenvalue weighted by atomic mass is 10.2. The maximum atomic E-state index is 12.1. The highest BCUT2D eigenvalue weighted by atomic mass is 16.5. The summed E-state index contributed by atoms with van der Waals surface area (Å²) in [7, 11) is 0. The van der Waals surface area contributed by atoms with E-state index in [1.807, 2.05) is 42.5 Å². The lowest BCUT2D eigenvalue weighted by Crippen LogP contribution is -2.25. The molecule has 0 spiro atoms. The Kier molecular flexibility index (Phi) is 7.08. The van der Waals surface area contributed by atoms with Gasteiger partial charge in [-0.3, -0.25) is 4.79 Å². The fraction of sp³-hybridized carbons (Fsp3) is 0.409. The summed E-state index contributed by atoms with van der Waals surface area (Å²) in [6.45, 7) is 2.77. The van der Waals surface area contributed by atoms with Gasteiger partial charge in [-0.25, -0.2) is 0 Å². The molecule has 1 amide bonds. The maximum absolute atomic E-state index is 12.1. The van der Waals surface area contributed by atoms with Gasteiger partial charge < -0.3 is 14.8 Å². The summed E-state index contributed by atoms with van der Waals surface area (Å²) in [5.74, 6) is 1.51. The van der Waals surface area contributed by atoms with Crippen molar-refractivity contribution in [3.8, 4) is 5.75 Å². The second-order valence-electron chi connectivity index (χ2n) is 6.74. The van der Waals surface area contributed by atoms with E-state index >= 15 is 0 Å². The first-order valence-corrected chi connectivity index (χ1v) is 9.44. The summed E-state index contributed by atoms with van der Waals surface area (Å²) in [5, 5.41) is 2.93. The van der Waals surface area contributed by atoms with Crippen molar-refractivity contribution in [2.45, 2.75) is 25.7 Å². The second-order valence-corrected chi connectivity index (χ2v) is 6.74. The Labute approximate surface area is 155 Å². The van der Waals surface area contributed by atoms with E-state index < -0.39 is 0 Å². The molecule has 2 aromatic carbocycles. The minimum absolute atomic E-state index is 0.0528. The number of amides is 1. The quantitative estimate of drug-likeness (QED) is 0.624. The van der Waals surface area contributed by atoms with Gasteiger partial charge in [-0.15, -0.1) is 0 Å². The van der Waals surface area contributed by atoms with Crippen LogP contribution >= 0.6 is 0 Å². The van der Waals surface area contributed by atoms with Crippen molar-refractivity contribution in [1.29, 1.82) is 0 Å². The Balaban J connectivity index is 1.25. The topological polar surface area (TPSA) is 47.6 Å². The van der Waals surface area contributed by atoms with E-state index in [0.29, 0.717) is 25.3 Å². The van der Waals surface area contributed by atoms with Crippen LogP contribution in [0.3, 0.4) is 0 Å². The standard InChI is InChI=1S/C22H27NO3/c24-22(20-9-11-21(12-10-20)26-17-19-7-8-19)23-14-4-15-25-16-13-18-5-2-1-3-6-18/h1-3,5-6,9-12,19H,4,7-8,13-17H2,(H,23,24). The Hall–Kier alpha value is -2.33. The molecule has 0 aliphatic heterocycles. The summed E-state index contributed by atoms with van der Waals surface area (Å²) in [6.07, 6.45) is 4.28. The lowest BCUT2D eigenvalue weighted by molar-refractivity contribution is 0.0942. The highest BCUT2D eigenvalue weighted by Crippen LogP contribution is 2.29. The largest absolute Gasteiger partial charge is 0.493 e. The van der Waals surface area contributed by atoms with Crippen LogP contribution in [0, 0.1) is 5.92 Å². The predicted molar refractivity (Wildman–Crippen MR) is 103 cm³/mol. The molecule has 0 radical (unpaired) electrons. The second kappa shape index (κ2) is 9.97. The zero-order valence-corrected chi connectivity index (χ0v) is 15.2. The van der Waals surface area contributed by atoms with E-state index in [1.165, 1.54) is 18.4 Å². The molecular weight excluding hydrogens is 326 g/mol. The van der Waals surface area contributed by atoms with Crippen LogP contribution in [-0.2, 0) is 11.2 Å². The van der Waals surface area contributed by atoms with Crippen molar-refractivity contribution in [1.82, 2.24) is 5.32 Å². The molecule has 4 nitrogen and oxygen atoms in total. The van der Waals surface area contributed by atoms with Crippen molar-refractivity contribution in [3.05, 3.63) is 65.7 Å². The SMILES string of the molecule is O=C(NCCCOCCc1ccccc1)c1ccc(OCC2CC2)cc1. The molecule has 0 bridgehead atoms. The first-order valence-electron chi connectivity index (χ1n) is 9.44. The van der Waals surface area contributed by atoms with Gasteiger partial charge >= 0.3 is 0 Å². The normalized spacial score (nSPS) is 13.4. The summed E-state index contributed by atoms with van der Waals surface area (Å²) in [4.78, 5) is 12.1. The van der Waals surface area contributed by atoms with E-state index in [2.05, 4.69) is 17.4 Å². The van der Waals surface area contributed by atoms with Crippen LogP contribution in [0.25, 0.3) is 0 Å². The van der Waals surface area contributed by atoms with Crippen LogP contribution in [0.5, 0.6) is 5.75 Å². The average molecular weight is 353 g/mol. The molecule has 0 atom stereocenters. The van der Waals surface area contributed by atoms with Crippen LogP contribution in [-0.4, -0.2) is 32.3 Å². The van der Waals surface area contributed by atoms with Crippen molar-refractivity contribution >= 4 is 5.91 Å². The minimum atomic E-state index is -0.0528. The average Bonchev–Trinajstić information content (AvgIpc) is 3.51. The van der Waals surface area contributed by atoms with E-state index in [0.717, 1.165) is 31.1 Å². The monoisotopic (exact) mass is 353 g/mol. The van der Waals surface area contributed by atoms with Gasteiger partial charge in [0.2, 0.25) is 0 Å². The summed E-state index contributed by atoms with van der Waals surface area (Å²) in [5.41, 5.74) is 1.94. The minimum Gasteiger partial charge on any atom is -0.493 e. The lowest BCUT2D eigenvalue weighted by Gasteiger charge is -2.08. The number of rotatable bonds is 11. The van der Waals surface area contributed by atoms with Gasteiger partial charge in [0.1, 0.15) is 5.75 Å². The highest BCUT2D eigenvalue weighted by Gasteiger charge is 2.21. The summed E-state index contributed by atoms with van der Waals surface area (Å²) >= 11 is 0. The van der Waals surface area contributed by atoms with Gasteiger partial charge in [-0.05, 0) is 61.4 Å². The van der Waals surface area contributed by atoms with Crippen molar-refractivity contribution in [2.75, 3.05) is 26.4 Å². The molecule has 4 heteroatoms. The third-order valence-electron chi connectivity index (χ3n) is 4.43. The zero-order valence-electron chi connectivity index (χ0n) is 15.2. The summed E-state index contributed by atoms with van der Waals surface area (Å²) < 4.78 is 11.3. The molecule has 0 aromatic heterocycles. The molecule has 2 aromatic rings. The molecule has 26 heavy (non-hydrogen) atoms. The van der Waals surface area contributed by atoms with Gasteiger partial charge in [-0.2, -0.15) is 0 Å². The molecule has 138 valence electrons. The third kappa shape index (κ3) is 6.52. The number of carbonyl (C=O) groups is 1. The van der Waals surface area contributed by atoms with Gasteiger partial charge in [0.15, 0.2) is 0 Å². The molecular formula is C22H27NO3. The Morgan fingerprint density at radius 1 is 1.00 bits per heavy atom. The van der Waals surface area contributed by atoms with E-state index in [9.17, 15) is 4.79 Å². The van der Waals surface area contributed by atoms with Gasteiger partial charge in [-0.1, -0.05) is 30.3 Å². The number of nitrogens with one attached hydrogen (secondary N) is 1. The predicted octanol–water partition coefficient (Wildman–Crippen LogP) is 3.85. The molecule has 1 aliphatic rings. The molecule has 0 saturated heterocycles. The van der Waals surface area contributed by atoms with Crippen LogP contribution in [0.4, 0.5) is 0 Å². The first kappa shape index (κ1) is 18.5. The van der Waals surface area contributed by atoms with Gasteiger partial charge in [0.05, 0.1) is 13.2 Å². The van der Waals surface area contributed by atoms with Crippen molar-refractivity contribution in [2.24, 2.45) is 5.92 Å². The van der Waals surface area contributed by atoms with Crippen LogP contribution in [0.15, 0.2) is 54.6 Å². The van der Waals surface area contributed by atoms with E-state index in [1.54, 1.807) is 0 Å². The molecule has 0 heterocycles. The van der Waals surface area contributed by atoms with Crippen molar-refractivity contribution < 1.29 is 14.3 Å². The number of hydrogen-bond acceptors (Lipinski definition) is 3. The first-order chi connectivity index (χ1) is 12.8. The molecule has 3 rings (SSSR count).